The van der Waals surface area contributed by atoms with E-state index >= 15 is 0 Å². The molecule has 35 heavy (non-hydrogen) atoms. The standard InChI is InChI=1S/C31H47NO3/c1-28-14-12-25(35-21-20-32-18-6-7-19-32)22-24(28)10-11-27-26(28)13-15-29(2)30(33,16-17-31(27,29)34)23-8-4-3-5-9-23/h3-5,8-9,24-27,33-34H,6-7,10-22H2,1-2H3/t24-,25-,26-,27+,28-,29+,30-,31-/m0/s1. The molecule has 1 aromatic rings. The maximum absolute atomic E-state index is 12.4. The largest absolute Gasteiger partial charge is 0.389 e. The minimum absolute atomic E-state index is 0.294. The van der Waals surface area contributed by atoms with Crippen LogP contribution in [0.3, 0.4) is 0 Å². The maximum Gasteiger partial charge on any atom is 0.0978 e. The van der Waals surface area contributed by atoms with Gasteiger partial charge in [-0.25, -0.2) is 0 Å². The van der Waals surface area contributed by atoms with Crippen molar-refractivity contribution in [1.29, 1.82) is 0 Å². The lowest BCUT2D eigenvalue weighted by molar-refractivity contribution is -0.239. The molecule has 0 bridgehead atoms. The van der Waals surface area contributed by atoms with E-state index < -0.39 is 16.6 Å². The Kier molecular flexibility index (Phi) is 6.15. The van der Waals surface area contributed by atoms with E-state index in [9.17, 15) is 10.2 Å². The number of fused-ring (bicyclic) bond motifs is 5. The van der Waals surface area contributed by atoms with Gasteiger partial charge in [-0.15, -0.1) is 0 Å². The van der Waals surface area contributed by atoms with E-state index in [2.05, 4.69) is 30.9 Å². The van der Waals surface area contributed by atoms with Crippen LogP contribution in [0.25, 0.3) is 0 Å². The summed E-state index contributed by atoms with van der Waals surface area (Å²) < 4.78 is 6.43. The predicted molar refractivity (Wildman–Crippen MR) is 139 cm³/mol. The Bertz CT molecular complexity index is 902. The summed E-state index contributed by atoms with van der Waals surface area (Å²) >= 11 is 0. The third-order valence-electron chi connectivity index (χ3n) is 12.2. The first-order valence-corrected chi connectivity index (χ1v) is 14.6. The van der Waals surface area contributed by atoms with Crippen LogP contribution in [0.5, 0.6) is 0 Å². The van der Waals surface area contributed by atoms with E-state index in [-0.39, 0.29) is 0 Å². The van der Waals surface area contributed by atoms with Crippen LogP contribution >= 0.6 is 0 Å². The first-order chi connectivity index (χ1) is 16.8. The number of benzene rings is 1. The summed E-state index contributed by atoms with van der Waals surface area (Å²) in [4.78, 5) is 2.55. The van der Waals surface area contributed by atoms with Crippen molar-refractivity contribution in [1.82, 2.24) is 4.90 Å². The molecular formula is C31H47NO3. The SMILES string of the molecule is C[C@]12CC[C@H](OCCN3CCCC3)C[C@@H]1CC[C@@H]1[C@@H]2CC[C@]2(C)[C@@](O)(c3ccccc3)CC[C@]12O. The Morgan fingerprint density at radius 3 is 2.43 bits per heavy atom. The number of hydrogen-bond donors (Lipinski definition) is 2. The molecule has 1 aliphatic heterocycles. The topological polar surface area (TPSA) is 52.9 Å². The number of ether oxygens (including phenoxy) is 1. The van der Waals surface area contributed by atoms with Gasteiger partial charge in [0.1, 0.15) is 0 Å². The van der Waals surface area contributed by atoms with E-state index in [0.29, 0.717) is 35.7 Å². The number of nitrogens with zero attached hydrogens (tertiary/aromatic N) is 1. The second-order valence-corrected chi connectivity index (χ2v) is 13.3. The van der Waals surface area contributed by atoms with Crippen molar-refractivity contribution in [3.05, 3.63) is 35.9 Å². The van der Waals surface area contributed by atoms with Gasteiger partial charge in [0, 0.05) is 12.0 Å². The van der Waals surface area contributed by atoms with E-state index in [1.807, 2.05) is 18.2 Å². The average Bonchev–Trinajstić information content (AvgIpc) is 3.46. The van der Waals surface area contributed by atoms with Crippen LogP contribution in [0.15, 0.2) is 30.3 Å². The van der Waals surface area contributed by atoms with Crippen molar-refractivity contribution < 1.29 is 14.9 Å². The van der Waals surface area contributed by atoms with Gasteiger partial charge in [-0.1, -0.05) is 44.2 Å². The lowest BCUT2D eigenvalue weighted by atomic mass is 9.43. The third kappa shape index (κ3) is 3.60. The summed E-state index contributed by atoms with van der Waals surface area (Å²) in [6.45, 7) is 9.22. The van der Waals surface area contributed by atoms with E-state index in [1.165, 1.54) is 51.6 Å². The monoisotopic (exact) mass is 481 g/mol. The summed E-state index contributed by atoms with van der Waals surface area (Å²) in [5.74, 6) is 1.56. The molecular weight excluding hydrogens is 434 g/mol. The number of likely N-dealkylation sites (tertiary alicyclic amines) is 1. The van der Waals surface area contributed by atoms with Crippen LogP contribution in [-0.2, 0) is 10.3 Å². The first-order valence-electron chi connectivity index (χ1n) is 14.6. The van der Waals surface area contributed by atoms with Gasteiger partial charge in [-0.2, -0.15) is 0 Å². The Morgan fingerprint density at radius 2 is 1.66 bits per heavy atom. The van der Waals surface area contributed by atoms with Crippen molar-refractivity contribution in [3.63, 3.8) is 0 Å². The molecule has 4 heteroatoms. The zero-order valence-corrected chi connectivity index (χ0v) is 22.1. The van der Waals surface area contributed by atoms with Gasteiger partial charge in [-0.3, -0.25) is 0 Å². The van der Waals surface area contributed by atoms with Crippen molar-refractivity contribution in [3.8, 4) is 0 Å². The van der Waals surface area contributed by atoms with Gasteiger partial charge in [0.05, 0.1) is 23.9 Å². The lowest BCUT2D eigenvalue weighted by Crippen LogP contribution is -2.64. The van der Waals surface area contributed by atoms with Gasteiger partial charge in [0.2, 0.25) is 0 Å². The average molecular weight is 482 g/mol. The quantitative estimate of drug-likeness (QED) is 0.582. The Morgan fingerprint density at radius 1 is 0.886 bits per heavy atom. The van der Waals surface area contributed by atoms with Crippen molar-refractivity contribution in [2.75, 3.05) is 26.2 Å². The molecule has 0 amide bonds. The first kappa shape index (κ1) is 24.4. The lowest BCUT2D eigenvalue weighted by Gasteiger charge is -2.64. The highest BCUT2D eigenvalue weighted by Crippen LogP contribution is 2.71. The van der Waals surface area contributed by atoms with Gasteiger partial charge in [-0.05, 0) is 112 Å². The Balaban J connectivity index is 1.16. The third-order valence-corrected chi connectivity index (χ3v) is 12.2. The summed E-state index contributed by atoms with van der Waals surface area (Å²) in [6.07, 6.45) is 12.4. The minimum atomic E-state index is -0.938. The highest BCUT2D eigenvalue weighted by atomic mass is 16.5. The fraction of sp³-hybridized carbons (Fsp3) is 0.806. The van der Waals surface area contributed by atoms with Crippen LogP contribution in [0.2, 0.25) is 0 Å². The van der Waals surface area contributed by atoms with Crippen LogP contribution in [0, 0.1) is 28.6 Å². The Labute approximate surface area is 212 Å². The molecule has 0 spiro atoms. The van der Waals surface area contributed by atoms with Crippen molar-refractivity contribution >= 4 is 0 Å². The van der Waals surface area contributed by atoms with Gasteiger partial charge < -0.3 is 19.8 Å². The molecule has 0 unspecified atom stereocenters. The second kappa shape index (κ2) is 8.82. The van der Waals surface area contributed by atoms with Crippen molar-refractivity contribution in [2.45, 2.75) is 102 Å². The summed E-state index contributed by atoms with van der Waals surface area (Å²) in [5, 5.41) is 24.5. The number of hydrogen-bond acceptors (Lipinski definition) is 4. The molecule has 1 aromatic carbocycles. The molecule has 4 aliphatic carbocycles. The minimum Gasteiger partial charge on any atom is -0.389 e. The molecule has 0 radical (unpaired) electrons. The molecule has 0 aromatic heterocycles. The highest BCUT2D eigenvalue weighted by Gasteiger charge is 2.72. The fourth-order valence-electron chi connectivity index (χ4n) is 9.89. The summed E-state index contributed by atoms with van der Waals surface area (Å²) in [6, 6.07) is 10.2. The smallest absolute Gasteiger partial charge is 0.0978 e. The Hall–Kier alpha value is -0.940. The molecule has 8 atom stereocenters. The van der Waals surface area contributed by atoms with E-state index in [4.69, 9.17) is 4.74 Å². The molecule has 4 saturated carbocycles. The molecule has 4 nitrogen and oxygen atoms in total. The van der Waals surface area contributed by atoms with Crippen LogP contribution in [0.4, 0.5) is 0 Å². The van der Waals surface area contributed by atoms with Crippen LogP contribution in [0.1, 0.15) is 90.0 Å². The molecule has 2 N–H and O–H groups in total. The molecule has 6 rings (SSSR count). The van der Waals surface area contributed by atoms with Crippen LogP contribution < -0.4 is 0 Å². The zero-order chi connectivity index (χ0) is 24.3. The van der Waals surface area contributed by atoms with Crippen molar-refractivity contribution in [2.24, 2.45) is 28.6 Å². The molecule has 194 valence electrons. The summed E-state index contributed by atoms with van der Waals surface area (Å²) in [7, 11) is 0. The number of rotatable bonds is 5. The number of aliphatic hydroxyl groups is 2. The van der Waals surface area contributed by atoms with Gasteiger partial charge in [0.25, 0.3) is 0 Å². The van der Waals surface area contributed by atoms with Gasteiger partial charge in [0.15, 0.2) is 0 Å². The predicted octanol–water partition coefficient (Wildman–Crippen LogP) is 5.51. The fourth-order valence-corrected chi connectivity index (χ4v) is 9.89. The summed E-state index contributed by atoms with van der Waals surface area (Å²) in [5.41, 5.74) is -0.920. The zero-order valence-electron chi connectivity index (χ0n) is 22.1. The molecule has 1 heterocycles. The molecule has 5 aliphatic rings. The highest BCUT2D eigenvalue weighted by molar-refractivity contribution is 5.32. The van der Waals surface area contributed by atoms with Crippen LogP contribution in [-0.4, -0.2) is 53.1 Å². The molecule has 5 fully saturated rings. The molecule has 1 saturated heterocycles. The van der Waals surface area contributed by atoms with Gasteiger partial charge >= 0.3 is 0 Å². The van der Waals surface area contributed by atoms with E-state index in [1.54, 1.807) is 0 Å². The maximum atomic E-state index is 12.4. The second-order valence-electron chi connectivity index (χ2n) is 13.3. The van der Waals surface area contributed by atoms with E-state index in [0.717, 1.165) is 44.4 Å². The normalized spacial score (nSPS) is 47.8.